The smallest absolute Gasteiger partial charge is 0.203 e. The van der Waals surface area contributed by atoms with Gasteiger partial charge in [0.1, 0.15) is 0 Å². The molecule has 0 saturated carbocycles. The van der Waals surface area contributed by atoms with E-state index in [9.17, 15) is 0 Å². The normalized spacial score (nSPS) is 11.8. The minimum Gasteiger partial charge on any atom is -0.493 e. The molecule has 0 radical (unpaired) electrons. The van der Waals surface area contributed by atoms with Crippen LogP contribution in [0.1, 0.15) is 18.5 Å². The third-order valence-electron chi connectivity index (χ3n) is 2.68. The zero-order chi connectivity index (χ0) is 13.7. The van der Waals surface area contributed by atoms with E-state index in [1.54, 1.807) is 21.3 Å². The average Bonchev–Trinajstić information content (AvgIpc) is 2.37. The van der Waals surface area contributed by atoms with E-state index in [-0.39, 0.29) is 6.04 Å². The van der Waals surface area contributed by atoms with E-state index in [2.05, 4.69) is 12.0 Å². The van der Waals surface area contributed by atoms with Crippen molar-refractivity contribution in [1.29, 1.82) is 0 Å². The number of hydrogen-bond acceptors (Lipinski definition) is 5. The molecule has 5 nitrogen and oxygen atoms in total. The molecule has 1 aromatic rings. The molecule has 0 fully saturated rings. The molecule has 1 unspecified atom stereocenters. The van der Waals surface area contributed by atoms with Gasteiger partial charge in [-0.1, -0.05) is 12.2 Å². The van der Waals surface area contributed by atoms with Gasteiger partial charge < -0.3 is 14.2 Å². The summed E-state index contributed by atoms with van der Waals surface area (Å²) in [5.74, 6) is 7.27. The Hall–Kier alpha value is -1.72. The van der Waals surface area contributed by atoms with Crippen molar-refractivity contribution in [3.05, 3.63) is 29.8 Å². The lowest BCUT2D eigenvalue weighted by Crippen LogP contribution is -2.28. The Bertz CT molecular complexity index is 407. The van der Waals surface area contributed by atoms with Crippen molar-refractivity contribution < 1.29 is 14.2 Å². The Morgan fingerprint density at radius 1 is 1.17 bits per heavy atom. The number of hydrazine groups is 1. The van der Waals surface area contributed by atoms with Crippen LogP contribution < -0.4 is 25.5 Å². The van der Waals surface area contributed by atoms with Crippen LogP contribution in [0.15, 0.2) is 24.3 Å². The topological polar surface area (TPSA) is 65.7 Å². The molecule has 0 aromatic heterocycles. The van der Waals surface area contributed by atoms with Gasteiger partial charge in [0.25, 0.3) is 0 Å². The molecule has 1 aromatic carbocycles. The molecule has 1 rings (SSSR count). The highest BCUT2D eigenvalue weighted by Gasteiger charge is 2.18. The second-order valence-electron chi connectivity index (χ2n) is 3.90. The van der Waals surface area contributed by atoms with Gasteiger partial charge in [0.15, 0.2) is 11.5 Å². The first-order chi connectivity index (χ1) is 8.58. The summed E-state index contributed by atoms with van der Waals surface area (Å²) < 4.78 is 15.8. The van der Waals surface area contributed by atoms with Gasteiger partial charge >= 0.3 is 0 Å². The minimum atomic E-state index is -0.168. The average molecular weight is 252 g/mol. The third kappa shape index (κ3) is 2.75. The van der Waals surface area contributed by atoms with E-state index in [0.717, 1.165) is 11.1 Å². The Balaban J connectivity index is 3.34. The predicted molar refractivity (Wildman–Crippen MR) is 71.0 cm³/mol. The fourth-order valence-corrected chi connectivity index (χ4v) is 1.79. The van der Waals surface area contributed by atoms with Crippen LogP contribution in [-0.2, 0) is 0 Å². The van der Waals surface area contributed by atoms with Crippen molar-refractivity contribution in [3.8, 4) is 17.2 Å². The first-order valence-corrected chi connectivity index (χ1v) is 5.50. The maximum absolute atomic E-state index is 5.54. The van der Waals surface area contributed by atoms with Crippen molar-refractivity contribution in [2.75, 3.05) is 21.3 Å². The minimum absolute atomic E-state index is 0.168. The number of ether oxygens (including phenoxy) is 3. The molecule has 18 heavy (non-hydrogen) atoms. The summed E-state index contributed by atoms with van der Waals surface area (Å²) in [5.41, 5.74) is 4.50. The summed E-state index contributed by atoms with van der Waals surface area (Å²) in [6, 6.07) is 3.53. The molecule has 5 heteroatoms. The maximum atomic E-state index is 5.54. The second-order valence-corrected chi connectivity index (χ2v) is 3.90. The van der Waals surface area contributed by atoms with E-state index in [4.69, 9.17) is 20.1 Å². The lowest BCUT2D eigenvalue weighted by molar-refractivity contribution is 0.323. The Morgan fingerprint density at radius 3 is 1.94 bits per heavy atom. The van der Waals surface area contributed by atoms with E-state index in [1.165, 1.54) is 0 Å². The lowest BCUT2D eigenvalue weighted by Gasteiger charge is -2.20. The van der Waals surface area contributed by atoms with Gasteiger partial charge in [-0.25, -0.2) is 5.43 Å². The Morgan fingerprint density at radius 2 is 1.67 bits per heavy atom. The van der Waals surface area contributed by atoms with E-state index >= 15 is 0 Å². The van der Waals surface area contributed by atoms with Gasteiger partial charge in [-0.2, -0.15) is 0 Å². The molecule has 0 heterocycles. The van der Waals surface area contributed by atoms with Crippen molar-refractivity contribution in [3.63, 3.8) is 0 Å². The molecule has 3 N–H and O–H groups in total. The monoisotopic (exact) mass is 252 g/mol. The van der Waals surface area contributed by atoms with Crippen molar-refractivity contribution in [2.45, 2.75) is 13.0 Å². The molecule has 0 aliphatic rings. The highest BCUT2D eigenvalue weighted by Crippen LogP contribution is 2.40. The van der Waals surface area contributed by atoms with Crippen LogP contribution in [0, 0.1) is 0 Å². The highest BCUT2D eigenvalue weighted by molar-refractivity contribution is 5.55. The molecular weight excluding hydrogens is 232 g/mol. The molecular formula is C13H20N2O3. The lowest BCUT2D eigenvalue weighted by atomic mass is 10.0. The standard InChI is InChI=1S/C13H20N2O3/c1-8(2)12(15-14)9-6-10(16-3)13(18-5)11(7-9)17-4/h6-7,12,15H,1,14H2,2-5H3. The largest absolute Gasteiger partial charge is 0.493 e. The molecule has 0 spiro atoms. The van der Waals surface area contributed by atoms with Crippen molar-refractivity contribution >= 4 is 0 Å². The van der Waals surface area contributed by atoms with Gasteiger partial charge in [-0.3, -0.25) is 5.84 Å². The maximum Gasteiger partial charge on any atom is 0.203 e. The van der Waals surface area contributed by atoms with Crippen molar-refractivity contribution in [1.82, 2.24) is 5.43 Å². The number of benzene rings is 1. The fourth-order valence-electron chi connectivity index (χ4n) is 1.79. The predicted octanol–water partition coefficient (Wildman–Crippen LogP) is 1.79. The fraction of sp³-hybridized carbons (Fsp3) is 0.385. The zero-order valence-corrected chi connectivity index (χ0v) is 11.2. The molecule has 100 valence electrons. The second kappa shape index (κ2) is 6.28. The van der Waals surface area contributed by atoms with Crippen LogP contribution in [-0.4, -0.2) is 21.3 Å². The molecule has 0 saturated heterocycles. The number of rotatable bonds is 6. The summed E-state index contributed by atoms with van der Waals surface area (Å²) in [4.78, 5) is 0. The third-order valence-corrected chi connectivity index (χ3v) is 2.68. The van der Waals surface area contributed by atoms with Gasteiger partial charge in [0.05, 0.1) is 27.4 Å². The van der Waals surface area contributed by atoms with Crippen LogP contribution >= 0.6 is 0 Å². The highest BCUT2D eigenvalue weighted by atomic mass is 16.5. The number of methoxy groups -OCH3 is 3. The van der Waals surface area contributed by atoms with Crippen molar-refractivity contribution in [2.24, 2.45) is 5.84 Å². The summed E-state index contributed by atoms with van der Waals surface area (Å²) >= 11 is 0. The number of nitrogens with one attached hydrogen (secondary N) is 1. The SMILES string of the molecule is C=C(C)C(NN)c1cc(OC)c(OC)c(OC)c1. The Kier molecular flexibility index (Phi) is 5.00. The first-order valence-electron chi connectivity index (χ1n) is 5.50. The number of hydrogen-bond donors (Lipinski definition) is 2. The Labute approximate surface area is 107 Å². The molecule has 0 aliphatic carbocycles. The van der Waals surface area contributed by atoms with Gasteiger partial charge in [-0.15, -0.1) is 0 Å². The first kappa shape index (κ1) is 14.3. The summed E-state index contributed by atoms with van der Waals surface area (Å²) in [6.07, 6.45) is 0. The molecule has 0 bridgehead atoms. The van der Waals surface area contributed by atoms with Crippen LogP contribution in [0.4, 0.5) is 0 Å². The zero-order valence-electron chi connectivity index (χ0n) is 11.2. The summed E-state index contributed by atoms with van der Waals surface area (Å²) in [6.45, 7) is 5.80. The summed E-state index contributed by atoms with van der Waals surface area (Å²) in [5, 5.41) is 0. The quantitative estimate of drug-likeness (QED) is 0.459. The molecule has 0 aliphatic heterocycles. The molecule has 0 amide bonds. The number of nitrogens with two attached hydrogens (primary N) is 1. The van der Waals surface area contributed by atoms with Gasteiger partial charge in [0.2, 0.25) is 5.75 Å². The van der Waals surface area contributed by atoms with Crippen LogP contribution in [0.3, 0.4) is 0 Å². The summed E-state index contributed by atoms with van der Waals surface area (Å²) in [7, 11) is 4.72. The van der Waals surface area contributed by atoms with Gasteiger partial charge in [-0.05, 0) is 24.6 Å². The molecule has 1 atom stereocenters. The van der Waals surface area contributed by atoms with Crippen LogP contribution in [0.5, 0.6) is 17.2 Å². The van der Waals surface area contributed by atoms with Gasteiger partial charge in [0, 0.05) is 0 Å². The van der Waals surface area contributed by atoms with E-state index in [0.29, 0.717) is 17.2 Å². The van der Waals surface area contributed by atoms with Crippen LogP contribution in [0.25, 0.3) is 0 Å². The van der Waals surface area contributed by atoms with Crippen LogP contribution in [0.2, 0.25) is 0 Å². The van der Waals surface area contributed by atoms with E-state index < -0.39 is 0 Å². The van der Waals surface area contributed by atoms with E-state index in [1.807, 2.05) is 19.1 Å².